The van der Waals surface area contributed by atoms with E-state index in [4.69, 9.17) is 0 Å². The molecule has 1 atom stereocenters. The van der Waals surface area contributed by atoms with Crippen molar-refractivity contribution in [2.24, 2.45) is 5.92 Å². The number of aromatic nitrogens is 2. The van der Waals surface area contributed by atoms with Gasteiger partial charge in [0.15, 0.2) is 0 Å². The minimum absolute atomic E-state index is 0.159. The van der Waals surface area contributed by atoms with Gasteiger partial charge in [-0.25, -0.2) is 0 Å². The third-order valence-electron chi connectivity index (χ3n) is 5.54. The fourth-order valence-electron chi connectivity index (χ4n) is 3.85. The predicted molar refractivity (Wildman–Crippen MR) is 103 cm³/mol. The number of fused-ring (bicyclic) bond motifs is 1. The largest absolute Gasteiger partial charge is 0.336 e. The van der Waals surface area contributed by atoms with Crippen LogP contribution in [0, 0.1) is 5.92 Å². The van der Waals surface area contributed by atoms with Crippen LogP contribution in [0.1, 0.15) is 28.0 Å². The third kappa shape index (κ3) is 3.84. The van der Waals surface area contributed by atoms with Gasteiger partial charge in [-0.1, -0.05) is 0 Å². The van der Waals surface area contributed by atoms with Crippen LogP contribution in [-0.4, -0.2) is 65.3 Å². The van der Waals surface area contributed by atoms with Crippen LogP contribution in [0.2, 0.25) is 0 Å². The lowest BCUT2D eigenvalue weighted by Gasteiger charge is -2.32. The van der Waals surface area contributed by atoms with Crippen LogP contribution in [-0.2, 0) is 19.5 Å². The maximum absolute atomic E-state index is 13.0. The minimum atomic E-state index is 0.159. The Labute approximate surface area is 158 Å². The van der Waals surface area contributed by atoms with Crippen LogP contribution >= 0.6 is 11.3 Å². The summed E-state index contributed by atoms with van der Waals surface area (Å²) in [5.41, 5.74) is 3.29. The summed E-state index contributed by atoms with van der Waals surface area (Å²) >= 11 is 1.74. The summed E-state index contributed by atoms with van der Waals surface area (Å²) in [6, 6.07) is 2.17. The van der Waals surface area contributed by atoms with Gasteiger partial charge in [-0.05, 0) is 54.7 Å². The second-order valence-corrected chi connectivity index (χ2v) is 8.22. The van der Waals surface area contributed by atoms with Crippen LogP contribution in [0.15, 0.2) is 23.0 Å². The van der Waals surface area contributed by atoms with Crippen LogP contribution in [0.5, 0.6) is 0 Å². The summed E-state index contributed by atoms with van der Waals surface area (Å²) in [5.74, 6) is 0.725. The standard InChI is InChI=1S/C19H27N5OS/c1-22-5-7-23(8-6-22)19(25)17-13-21-24-4-2-15(10-18(17)24)11-20-12-16-3-9-26-14-16/h3,9,13-15,20H,2,4-8,10-12H2,1H3/t15-/m0/s1. The molecular weight excluding hydrogens is 346 g/mol. The van der Waals surface area contributed by atoms with Crippen LogP contribution in [0.25, 0.3) is 0 Å². The van der Waals surface area contributed by atoms with Crippen molar-refractivity contribution in [2.45, 2.75) is 25.9 Å². The molecule has 140 valence electrons. The number of carbonyl (C=O) groups excluding carboxylic acids is 1. The van der Waals surface area contributed by atoms with E-state index in [1.807, 2.05) is 9.58 Å². The number of nitrogens with zero attached hydrogens (tertiary/aromatic N) is 4. The highest BCUT2D eigenvalue weighted by Gasteiger charge is 2.28. The number of hydrogen-bond acceptors (Lipinski definition) is 5. The molecule has 1 N–H and O–H groups in total. The lowest BCUT2D eigenvalue weighted by atomic mass is 9.94. The first-order chi connectivity index (χ1) is 12.7. The lowest BCUT2D eigenvalue weighted by molar-refractivity contribution is 0.0662. The predicted octanol–water partition coefficient (Wildman–Crippen LogP) is 1.68. The van der Waals surface area contributed by atoms with E-state index in [2.05, 4.69) is 39.2 Å². The summed E-state index contributed by atoms with van der Waals surface area (Å²) < 4.78 is 2.04. The van der Waals surface area contributed by atoms with E-state index in [0.29, 0.717) is 5.92 Å². The highest BCUT2D eigenvalue weighted by molar-refractivity contribution is 7.07. The molecule has 0 spiro atoms. The normalized spacial score (nSPS) is 21.0. The molecule has 2 aromatic rings. The Bertz CT molecular complexity index is 733. The molecule has 2 aromatic heterocycles. The van der Waals surface area contributed by atoms with Gasteiger partial charge in [0.05, 0.1) is 17.5 Å². The first kappa shape index (κ1) is 17.7. The molecule has 6 nitrogen and oxygen atoms in total. The number of carbonyl (C=O) groups is 1. The SMILES string of the molecule is CN1CCN(C(=O)c2cnn3c2C[C@@H](CNCc2ccsc2)CC3)CC1. The molecule has 0 saturated carbocycles. The number of rotatable bonds is 5. The van der Waals surface area contributed by atoms with Gasteiger partial charge in [0.25, 0.3) is 5.91 Å². The summed E-state index contributed by atoms with van der Waals surface area (Å²) in [6.07, 6.45) is 3.84. The summed E-state index contributed by atoms with van der Waals surface area (Å²) in [5, 5.41) is 12.4. The average Bonchev–Trinajstić information content (AvgIpc) is 3.31. The molecular formula is C19H27N5OS. The first-order valence-corrected chi connectivity index (χ1v) is 10.4. The molecule has 1 fully saturated rings. The van der Waals surface area contributed by atoms with E-state index in [1.54, 1.807) is 17.5 Å². The lowest BCUT2D eigenvalue weighted by Crippen LogP contribution is -2.47. The van der Waals surface area contributed by atoms with Crippen molar-refractivity contribution in [3.05, 3.63) is 39.8 Å². The van der Waals surface area contributed by atoms with Crippen molar-refractivity contribution < 1.29 is 4.79 Å². The van der Waals surface area contributed by atoms with E-state index >= 15 is 0 Å². The molecule has 0 unspecified atom stereocenters. The number of amides is 1. The zero-order valence-electron chi connectivity index (χ0n) is 15.4. The number of nitrogens with one attached hydrogen (secondary N) is 1. The Morgan fingerprint density at radius 1 is 1.31 bits per heavy atom. The summed E-state index contributed by atoms with van der Waals surface area (Å²) in [6.45, 7) is 6.34. The van der Waals surface area contributed by atoms with Crippen molar-refractivity contribution in [3.8, 4) is 0 Å². The van der Waals surface area contributed by atoms with Gasteiger partial charge >= 0.3 is 0 Å². The summed E-state index contributed by atoms with van der Waals surface area (Å²) in [4.78, 5) is 17.2. The number of piperazine rings is 1. The molecule has 2 aliphatic rings. The van der Waals surface area contributed by atoms with Crippen molar-refractivity contribution in [1.82, 2.24) is 24.9 Å². The Hall–Kier alpha value is -1.70. The molecule has 4 heterocycles. The fourth-order valence-corrected chi connectivity index (χ4v) is 4.51. The van der Waals surface area contributed by atoms with Crippen molar-refractivity contribution in [3.63, 3.8) is 0 Å². The van der Waals surface area contributed by atoms with E-state index in [1.165, 1.54) is 5.56 Å². The van der Waals surface area contributed by atoms with E-state index in [0.717, 1.165) is 69.9 Å². The van der Waals surface area contributed by atoms with Crippen LogP contribution in [0.3, 0.4) is 0 Å². The Morgan fingerprint density at radius 2 is 2.15 bits per heavy atom. The Kier molecular flexibility index (Phi) is 5.38. The Morgan fingerprint density at radius 3 is 2.92 bits per heavy atom. The number of aryl methyl sites for hydroxylation is 1. The average molecular weight is 374 g/mol. The molecule has 0 aromatic carbocycles. The molecule has 7 heteroatoms. The zero-order chi connectivity index (χ0) is 17.9. The van der Waals surface area contributed by atoms with Gasteiger partial charge in [-0.3, -0.25) is 9.48 Å². The number of hydrogen-bond donors (Lipinski definition) is 1. The molecule has 1 amide bonds. The molecule has 0 aliphatic carbocycles. The monoisotopic (exact) mass is 373 g/mol. The van der Waals surface area contributed by atoms with Crippen molar-refractivity contribution in [2.75, 3.05) is 39.8 Å². The van der Waals surface area contributed by atoms with E-state index in [-0.39, 0.29) is 5.91 Å². The van der Waals surface area contributed by atoms with Gasteiger partial charge < -0.3 is 15.1 Å². The fraction of sp³-hybridized carbons (Fsp3) is 0.579. The topological polar surface area (TPSA) is 53.4 Å². The molecule has 4 rings (SSSR count). The Balaban J connectivity index is 1.37. The highest BCUT2D eigenvalue weighted by Crippen LogP contribution is 2.24. The van der Waals surface area contributed by atoms with E-state index in [9.17, 15) is 4.79 Å². The second-order valence-electron chi connectivity index (χ2n) is 7.44. The van der Waals surface area contributed by atoms with Gasteiger partial charge in [0, 0.05) is 39.3 Å². The van der Waals surface area contributed by atoms with Gasteiger partial charge in [0.1, 0.15) is 0 Å². The molecule has 26 heavy (non-hydrogen) atoms. The van der Waals surface area contributed by atoms with Crippen LogP contribution < -0.4 is 5.32 Å². The van der Waals surface area contributed by atoms with Crippen molar-refractivity contribution in [1.29, 1.82) is 0 Å². The quantitative estimate of drug-likeness (QED) is 0.867. The smallest absolute Gasteiger partial charge is 0.257 e. The van der Waals surface area contributed by atoms with Crippen LogP contribution in [0.4, 0.5) is 0 Å². The second kappa shape index (κ2) is 7.90. The molecule has 0 bridgehead atoms. The number of likely N-dealkylation sites (N-methyl/N-ethyl adjacent to an activating group) is 1. The zero-order valence-corrected chi connectivity index (χ0v) is 16.2. The maximum Gasteiger partial charge on any atom is 0.257 e. The molecule has 0 radical (unpaired) electrons. The molecule has 1 saturated heterocycles. The number of thiophene rings is 1. The highest BCUT2D eigenvalue weighted by atomic mass is 32.1. The molecule has 2 aliphatic heterocycles. The summed E-state index contributed by atoms with van der Waals surface area (Å²) in [7, 11) is 2.11. The van der Waals surface area contributed by atoms with Gasteiger partial charge in [-0.2, -0.15) is 16.4 Å². The van der Waals surface area contributed by atoms with Crippen molar-refractivity contribution >= 4 is 17.2 Å². The maximum atomic E-state index is 13.0. The van der Waals surface area contributed by atoms with Gasteiger partial charge in [0.2, 0.25) is 0 Å². The first-order valence-electron chi connectivity index (χ1n) is 9.45. The minimum Gasteiger partial charge on any atom is -0.336 e. The van der Waals surface area contributed by atoms with Gasteiger partial charge in [-0.15, -0.1) is 0 Å². The third-order valence-corrected chi connectivity index (χ3v) is 6.28. The van der Waals surface area contributed by atoms with E-state index < -0.39 is 0 Å².